The predicted octanol–water partition coefficient (Wildman–Crippen LogP) is 7.65. The third-order valence-electron chi connectivity index (χ3n) is 10.1. The molecule has 8 atom stereocenters. The van der Waals surface area contributed by atoms with Crippen molar-refractivity contribution in [2.24, 2.45) is 0 Å². The summed E-state index contributed by atoms with van der Waals surface area (Å²) in [6, 6.07) is 16.4. The van der Waals surface area contributed by atoms with E-state index in [1.54, 1.807) is 90.0 Å². The molecule has 0 radical (unpaired) electrons. The number of esters is 2. The summed E-state index contributed by atoms with van der Waals surface area (Å²) in [4.78, 5) is 79.5. The van der Waals surface area contributed by atoms with Crippen molar-refractivity contribution >= 4 is 36.3 Å². The van der Waals surface area contributed by atoms with E-state index in [2.05, 4.69) is 0 Å². The molecular weight excluding hydrogens is 941 g/mol. The number of imide groups is 2. The highest BCUT2D eigenvalue weighted by atomic mass is 16.6. The highest BCUT2D eigenvalue weighted by Crippen LogP contribution is 2.25. The highest BCUT2D eigenvalue weighted by Gasteiger charge is 2.45. The van der Waals surface area contributed by atoms with Crippen LogP contribution in [0, 0.1) is 0 Å². The monoisotopic (exact) mass is 1020 g/mol. The van der Waals surface area contributed by atoms with Gasteiger partial charge < -0.3 is 57.6 Å². The molecule has 20 heteroatoms. The average molecular weight is 1020 g/mol. The van der Waals surface area contributed by atoms with Crippen LogP contribution < -0.4 is 0 Å². The van der Waals surface area contributed by atoms with E-state index in [1.807, 2.05) is 60.7 Å². The summed E-state index contributed by atoms with van der Waals surface area (Å²) < 4.78 is 56.4. The first-order valence-corrected chi connectivity index (χ1v) is 24.1. The highest BCUT2D eigenvalue weighted by molar-refractivity contribution is 5.95. The third-order valence-corrected chi connectivity index (χ3v) is 10.1. The fraction of sp³-hybridized carbons (Fsp3) is 0.654. The Morgan fingerprint density at radius 1 is 0.542 bits per heavy atom. The number of hydrogen-bond donors (Lipinski definition) is 2. The fourth-order valence-electron chi connectivity index (χ4n) is 6.77. The molecule has 404 valence electrons. The molecule has 2 saturated heterocycles. The minimum atomic E-state index is -1.50. The number of cyclic esters (lactones) is 2. The molecule has 2 aromatic rings. The van der Waals surface area contributed by atoms with Crippen LogP contribution in [0.5, 0.6) is 0 Å². The SMILES string of the molecule is C[C@@H]1OC(=O)[C@@H](N(C(=O)OC(C)(C)C)C(=O)OC(C)(C)C)COCC[C@H](O)[C@H]1O.C[C@@H]1OC(=O)[C@@H](N(C(=O)OC(C)(C)C)C(=O)OC(C)(C)C)COCC[C@H](OCc2ccccc2)[C@H]1OCc1ccccc1. The molecule has 2 heterocycles. The summed E-state index contributed by atoms with van der Waals surface area (Å²) in [6.07, 6.45) is -9.35. The molecule has 2 fully saturated rings. The molecule has 0 saturated carbocycles. The molecule has 4 rings (SSSR count). The molecule has 0 spiro atoms. The van der Waals surface area contributed by atoms with Gasteiger partial charge in [0.15, 0.2) is 12.1 Å². The third kappa shape index (κ3) is 21.4. The van der Waals surface area contributed by atoms with E-state index in [4.69, 9.17) is 47.4 Å². The van der Waals surface area contributed by atoms with E-state index in [1.165, 1.54) is 6.92 Å². The minimum absolute atomic E-state index is 0.00873. The number of amides is 4. The molecule has 2 aliphatic rings. The van der Waals surface area contributed by atoms with Crippen LogP contribution in [0.2, 0.25) is 0 Å². The average Bonchev–Trinajstić information content (AvgIpc) is 3.24. The Hall–Kier alpha value is -5.38. The first-order chi connectivity index (χ1) is 33.4. The van der Waals surface area contributed by atoms with Crippen molar-refractivity contribution in [3.63, 3.8) is 0 Å². The normalized spacial score (nSPS) is 23.8. The molecule has 20 nitrogen and oxygen atoms in total. The first kappa shape index (κ1) is 60.9. The fourth-order valence-corrected chi connectivity index (χ4v) is 6.77. The van der Waals surface area contributed by atoms with Crippen molar-refractivity contribution in [3.05, 3.63) is 71.8 Å². The summed E-state index contributed by atoms with van der Waals surface area (Å²) >= 11 is 0. The first-order valence-electron chi connectivity index (χ1n) is 24.1. The maximum atomic E-state index is 13.7. The zero-order valence-corrected chi connectivity index (χ0v) is 44.4. The van der Waals surface area contributed by atoms with Crippen molar-refractivity contribution < 1.29 is 86.3 Å². The van der Waals surface area contributed by atoms with Gasteiger partial charge in [-0.05, 0) is 121 Å². The molecule has 0 aliphatic carbocycles. The number of benzene rings is 2. The topological polar surface area (TPSA) is 242 Å². The Labute approximate surface area is 423 Å². The Kier molecular flexibility index (Phi) is 22.9. The number of aliphatic hydroxyl groups is 2. The predicted molar refractivity (Wildman–Crippen MR) is 260 cm³/mol. The molecule has 4 amide bonds. The minimum Gasteiger partial charge on any atom is -0.458 e. The Balaban J connectivity index is 0.000000412. The van der Waals surface area contributed by atoms with Crippen LogP contribution in [-0.4, -0.2) is 154 Å². The van der Waals surface area contributed by atoms with E-state index < -0.39 is 107 Å². The van der Waals surface area contributed by atoms with Crippen molar-refractivity contribution in [1.29, 1.82) is 0 Å². The summed E-state index contributed by atoms with van der Waals surface area (Å²) in [7, 11) is 0. The lowest BCUT2D eigenvalue weighted by Crippen LogP contribution is -2.56. The van der Waals surface area contributed by atoms with Crippen LogP contribution in [0.3, 0.4) is 0 Å². The van der Waals surface area contributed by atoms with E-state index in [9.17, 15) is 39.0 Å². The molecule has 0 unspecified atom stereocenters. The second kappa shape index (κ2) is 27.1. The van der Waals surface area contributed by atoms with E-state index in [0.29, 0.717) is 22.8 Å². The van der Waals surface area contributed by atoms with Gasteiger partial charge in [-0.1, -0.05) is 60.7 Å². The van der Waals surface area contributed by atoms with Crippen molar-refractivity contribution in [3.8, 4) is 0 Å². The van der Waals surface area contributed by atoms with Crippen LogP contribution in [0.1, 0.15) is 121 Å². The molecule has 0 bridgehead atoms. The van der Waals surface area contributed by atoms with Gasteiger partial charge in [0, 0.05) is 13.2 Å². The van der Waals surface area contributed by atoms with E-state index in [-0.39, 0.29) is 39.5 Å². The van der Waals surface area contributed by atoms with Gasteiger partial charge in [-0.3, -0.25) is 0 Å². The molecule has 0 aromatic heterocycles. The van der Waals surface area contributed by atoms with Gasteiger partial charge in [0.2, 0.25) is 0 Å². The number of hydrogen-bond acceptors (Lipinski definition) is 18. The number of aliphatic hydroxyl groups excluding tert-OH is 2. The van der Waals surface area contributed by atoms with Crippen LogP contribution >= 0.6 is 0 Å². The smallest absolute Gasteiger partial charge is 0.420 e. The van der Waals surface area contributed by atoms with Gasteiger partial charge in [0.1, 0.15) is 46.8 Å². The van der Waals surface area contributed by atoms with Crippen LogP contribution in [-0.2, 0) is 70.2 Å². The zero-order valence-electron chi connectivity index (χ0n) is 44.4. The van der Waals surface area contributed by atoms with Gasteiger partial charge in [-0.2, -0.15) is 9.80 Å². The second-order valence-electron chi connectivity index (χ2n) is 21.4. The molecular formula is C52H78N2O18. The summed E-state index contributed by atoms with van der Waals surface area (Å²) in [5.74, 6) is -1.86. The summed E-state index contributed by atoms with van der Waals surface area (Å²) in [6.45, 7) is 22.8. The van der Waals surface area contributed by atoms with E-state index >= 15 is 0 Å². The molecule has 72 heavy (non-hydrogen) atoms. The van der Waals surface area contributed by atoms with Gasteiger partial charge in [0.25, 0.3) is 0 Å². The quantitative estimate of drug-likeness (QED) is 0.190. The Morgan fingerprint density at radius 3 is 1.26 bits per heavy atom. The maximum Gasteiger partial charge on any atom is 0.420 e. The lowest BCUT2D eigenvalue weighted by Gasteiger charge is -2.36. The zero-order chi connectivity index (χ0) is 54.2. The van der Waals surface area contributed by atoms with Crippen molar-refractivity contribution in [2.75, 3.05) is 26.4 Å². The van der Waals surface area contributed by atoms with Gasteiger partial charge in [0.05, 0.1) is 38.6 Å². The maximum absolute atomic E-state index is 13.7. The van der Waals surface area contributed by atoms with Crippen LogP contribution in [0.4, 0.5) is 19.2 Å². The van der Waals surface area contributed by atoms with E-state index in [0.717, 1.165) is 11.1 Å². The molecule has 2 aliphatic heterocycles. The number of rotatable bonds is 8. The van der Waals surface area contributed by atoms with Crippen molar-refractivity contribution in [2.45, 2.75) is 194 Å². The van der Waals surface area contributed by atoms with Crippen molar-refractivity contribution in [1.82, 2.24) is 9.80 Å². The Bertz CT molecular complexity index is 1990. The second-order valence-corrected chi connectivity index (χ2v) is 21.4. The van der Waals surface area contributed by atoms with Crippen LogP contribution in [0.15, 0.2) is 60.7 Å². The lowest BCUT2D eigenvalue weighted by atomic mass is 10.0. The standard InChI is InChI=1S/C33H45NO9.C19H33NO9/c1-23-28(40-21-25-16-12-9-13-17-25)27(39-20-24-14-10-8-11-15-24)18-19-38-22-26(29(35)41-23)34(30(36)42-32(2,3)4)31(37)43-33(5,6)7;1-11-14(22)13(21)8-9-26-10-12(15(23)27-11)20(16(24)28-18(2,3)4)17(25)29-19(5,6)7/h8-17,23,26-28H,18-22H2,1-7H3;11-14,21-22H,8-10H2,1-7H3/t23-,26-,27-,28-;11-,12-,13-,14-/m00/s1. The van der Waals surface area contributed by atoms with Gasteiger partial charge in [-0.15, -0.1) is 0 Å². The molecule has 2 aromatic carbocycles. The van der Waals surface area contributed by atoms with Gasteiger partial charge >= 0.3 is 36.3 Å². The number of ether oxygens (including phenoxy) is 10. The lowest BCUT2D eigenvalue weighted by molar-refractivity contribution is -0.182. The Morgan fingerprint density at radius 2 is 0.889 bits per heavy atom. The summed E-state index contributed by atoms with van der Waals surface area (Å²) in [5, 5.41) is 19.9. The van der Waals surface area contributed by atoms with Gasteiger partial charge in [-0.25, -0.2) is 28.8 Å². The summed E-state index contributed by atoms with van der Waals surface area (Å²) in [5.41, 5.74) is -1.83. The molecule has 2 N–H and O–H groups in total. The van der Waals surface area contributed by atoms with Crippen LogP contribution in [0.25, 0.3) is 0 Å². The number of carbonyl (C=O) groups excluding carboxylic acids is 6. The number of nitrogens with zero attached hydrogens (tertiary/aromatic N) is 2. The number of carbonyl (C=O) groups is 6. The largest absolute Gasteiger partial charge is 0.458 e.